The minimum atomic E-state index is 0.0344. The van der Waals surface area contributed by atoms with Crippen molar-refractivity contribution in [2.24, 2.45) is 0 Å². The minimum Gasteiger partial charge on any atom is -0.350 e. The van der Waals surface area contributed by atoms with Crippen molar-refractivity contribution < 1.29 is 4.79 Å². The van der Waals surface area contributed by atoms with E-state index in [4.69, 9.17) is 0 Å². The van der Waals surface area contributed by atoms with Crippen LogP contribution in [-0.2, 0) is 11.2 Å². The predicted octanol–water partition coefficient (Wildman–Crippen LogP) is 2.66. The van der Waals surface area contributed by atoms with Crippen molar-refractivity contribution in [3.05, 3.63) is 21.9 Å². The molecule has 1 saturated heterocycles. The fourth-order valence-corrected chi connectivity index (χ4v) is 3.24. The molecule has 0 radical (unpaired) electrons. The molecule has 1 fully saturated rings. The molecular weight excluding hydrogens is 206 g/mol. The molecule has 2 heterocycles. The van der Waals surface area contributed by atoms with E-state index in [0.29, 0.717) is 6.42 Å². The van der Waals surface area contributed by atoms with Crippen LogP contribution < -0.4 is 5.32 Å². The third-order valence-electron chi connectivity index (χ3n) is 3.38. The number of rotatable bonds is 3. The van der Waals surface area contributed by atoms with E-state index in [0.717, 1.165) is 19.3 Å². The molecule has 1 aromatic rings. The molecule has 0 aromatic carbocycles. The summed E-state index contributed by atoms with van der Waals surface area (Å²) in [5.74, 6) is 0.214. The molecule has 0 spiro atoms. The van der Waals surface area contributed by atoms with E-state index in [2.05, 4.69) is 30.6 Å². The van der Waals surface area contributed by atoms with E-state index in [1.807, 2.05) is 0 Å². The van der Waals surface area contributed by atoms with Gasteiger partial charge in [-0.05, 0) is 36.8 Å². The SMILES string of the molecule is CCC1(Cc2sccc2C)CCC(=O)N1. The van der Waals surface area contributed by atoms with Crippen LogP contribution in [0.25, 0.3) is 0 Å². The largest absolute Gasteiger partial charge is 0.350 e. The smallest absolute Gasteiger partial charge is 0.220 e. The quantitative estimate of drug-likeness (QED) is 0.838. The van der Waals surface area contributed by atoms with Crippen molar-refractivity contribution in [1.29, 1.82) is 0 Å². The third-order valence-corrected chi connectivity index (χ3v) is 4.40. The molecule has 1 amide bonds. The zero-order valence-electron chi connectivity index (χ0n) is 9.30. The van der Waals surface area contributed by atoms with Crippen LogP contribution in [0.1, 0.15) is 36.6 Å². The van der Waals surface area contributed by atoms with Gasteiger partial charge in [0, 0.05) is 23.3 Å². The van der Waals surface area contributed by atoms with Crippen molar-refractivity contribution in [2.75, 3.05) is 0 Å². The third kappa shape index (κ3) is 2.07. The molecule has 1 N–H and O–H groups in total. The van der Waals surface area contributed by atoms with E-state index in [9.17, 15) is 4.79 Å². The van der Waals surface area contributed by atoms with Crippen LogP contribution in [0.2, 0.25) is 0 Å². The van der Waals surface area contributed by atoms with Gasteiger partial charge in [0.25, 0.3) is 0 Å². The number of thiophene rings is 1. The lowest BCUT2D eigenvalue weighted by Crippen LogP contribution is -2.42. The number of hydrogen-bond acceptors (Lipinski definition) is 2. The molecule has 1 aromatic heterocycles. The average Bonchev–Trinajstić information content (AvgIpc) is 2.76. The topological polar surface area (TPSA) is 29.1 Å². The first-order chi connectivity index (χ1) is 7.15. The summed E-state index contributed by atoms with van der Waals surface area (Å²) >= 11 is 1.80. The summed E-state index contributed by atoms with van der Waals surface area (Å²) in [7, 11) is 0. The van der Waals surface area contributed by atoms with Crippen LogP contribution in [0.15, 0.2) is 11.4 Å². The Morgan fingerprint density at radius 2 is 2.40 bits per heavy atom. The Morgan fingerprint density at radius 1 is 1.60 bits per heavy atom. The molecule has 0 saturated carbocycles. The van der Waals surface area contributed by atoms with E-state index >= 15 is 0 Å². The first-order valence-corrected chi connectivity index (χ1v) is 6.37. The number of nitrogens with one attached hydrogen (secondary N) is 1. The van der Waals surface area contributed by atoms with Crippen LogP contribution in [0, 0.1) is 6.92 Å². The second kappa shape index (κ2) is 3.97. The summed E-state index contributed by atoms with van der Waals surface area (Å²) in [5.41, 5.74) is 1.39. The Morgan fingerprint density at radius 3 is 2.87 bits per heavy atom. The highest BCUT2D eigenvalue weighted by atomic mass is 32.1. The van der Waals surface area contributed by atoms with E-state index in [-0.39, 0.29) is 11.4 Å². The van der Waals surface area contributed by atoms with Gasteiger partial charge in [0.1, 0.15) is 0 Å². The van der Waals surface area contributed by atoms with Gasteiger partial charge in [-0.3, -0.25) is 4.79 Å². The summed E-state index contributed by atoms with van der Waals surface area (Å²) in [5, 5.41) is 5.28. The van der Waals surface area contributed by atoms with Gasteiger partial charge in [0.05, 0.1) is 0 Å². The van der Waals surface area contributed by atoms with Crippen LogP contribution in [-0.4, -0.2) is 11.4 Å². The molecule has 1 unspecified atom stereocenters. The number of carbonyl (C=O) groups excluding carboxylic acids is 1. The van der Waals surface area contributed by atoms with Crippen LogP contribution in [0.5, 0.6) is 0 Å². The standard InChI is InChI=1S/C12H17NOS/c1-3-12(6-4-11(14)13-12)8-10-9(2)5-7-15-10/h5,7H,3-4,6,8H2,1-2H3,(H,13,14). The average molecular weight is 223 g/mol. The first kappa shape index (κ1) is 10.7. The fourth-order valence-electron chi connectivity index (χ4n) is 2.19. The molecule has 1 aliphatic heterocycles. The normalized spacial score (nSPS) is 25.6. The highest BCUT2D eigenvalue weighted by Gasteiger charge is 2.36. The van der Waals surface area contributed by atoms with Crippen molar-refractivity contribution >= 4 is 17.2 Å². The van der Waals surface area contributed by atoms with Crippen LogP contribution in [0.3, 0.4) is 0 Å². The zero-order chi connectivity index (χ0) is 10.9. The molecule has 0 bridgehead atoms. The Hall–Kier alpha value is -0.830. The van der Waals surface area contributed by atoms with Gasteiger partial charge in [-0.1, -0.05) is 6.92 Å². The Labute approximate surface area is 94.7 Å². The number of aryl methyl sites for hydroxylation is 1. The van der Waals surface area contributed by atoms with E-state index in [1.54, 1.807) is 11.3 Å². The first-order valence-electron chi connectivity index (χ1n) is 5.49. The monoisotopic (exact) mass is 223 g/mol. The molecule has 0 aliphatic carbocycles. The lowest BCUT2D eigenvalue weighted by Gasteiger charge is -2.27. The Balaban J connectivity index is 2.15. The van der Waals surface area contributed by atoms with E-state index in [1.165, 1.54) is 10.4 Å². The number of hydrogen-bond donors (Lipinski definition) is 1. The van der Waals surface area contributed by atoms with Gasteiger partial charge >= 0.3 is 0 Å². The van der Waals surface area contributed by atoms with E-state index < -0.39 is 0 Å². The summed E-state index contributed by atoms with van der Waals surface area (Å²) in [6.07, 6.45) is 3.70. The molecule has 15 heavy (non-hydrogen) atoms. The number of amides is 1. The van der Waals surface area contributed by atoms with Gasteiger partial charge in [-0.15, -0.1) is 11.3 Å². The zero-order valence-corrected chi connectivity index (χ0v) is 10.1. The van der Waals surface area contributed by atoms with Gasteiger partial charge in [0.15, 0.2) is 0 Å². The maximum Gasteiger partial charge on any atom is 0.220 e. The summed E-state index contributed by atoms with van der Waals surface area (Å²) in [6.45, 7) is 4.31. The lowest BCUT2D eigenvalue weighted by atomic mass is 9.89. The second-order valence-corrected chi connectivity index (χ2v) is 5.39. The Kier molecular flexibility index (Phi) is 2.83. The van der Waals surface area contributed by atoms with Crippen molar-refractivity contribution in [1.82, 2.24) is 5.32 Å². The summed E-state index contributed by atoms with van der Waals surface area (Å²) < 4.78 is 0. The fraction of sp³-hybridized carbons (Fsp3) is 0.583. The molecule has 3 heteroatoms. The Bertz CT molecular complexity index is 371. The highest BCUT2D eigenvalue weighted by Crippen LogP contribution is 2.30. The summed E-state index contributed by atoms with van der Waals surface area (Å²) in [4.78, 5) is 12.7. The highest BCUT2D eigenvalue weighted by molar-refractivity contribution is 7.10. The summed E-state index contributed by atoms with van der Waals surface area (Å²) in [6, 6.07) is 2.15. The molecule has 2 rings (SSSR count). The predicted molar refractivity (Wildman–Crippen MR) is 63.2 cm³/mol. The number of carbonyl (C=O) groups is 1. The molecule has 82 valence electrons. The maximum absolute atomic E-state index is 11.3. The van der Waals surface area contributed by atoms with Crippen LogP contribution in [0.4, 0.5) is 0 Å². The molecule has 2 nitrogen and oxygen atoms in total. The second-order valence-electron chi connectivity index (χ2n) is 4.39. The van der Waals surface area contributed by atoms with Crippen molar-refractivity contribution in [3.63, 3.8) is 0 Å². The molecule has 1 aliphatic rings. The molecular formula is C12H17NOS. The van der Waals surface area contributed by atoms with Gasteiger partial charge in [0.2, 0.25) is 5.91 Å². The van der Waals surface area contributed by atoms with Gasteiger partial charge in [-0.25, -0.2) is 0 Å². The molecule has 1 atom stereocenters. The van der Waals surface area contributed by atoms with Gasteiger partial charge < -0.3 is 5.32 Å². The minimum absolute atomic E-state index is 0.0344. The van der Waals surface area contributed by atoms with Crippen LogP contribution >= 0.6 is 11.3 Å². The maximum atomic E-state index is 11.3. The van der Waals surface area contributed by atoms with Gasteiger partial charge in [-0.2, -0.15) is 0 Å². The van der Waals surface area contributed by atoms with Crippen molar-refractivity contribution in [3.8, 4) is 0 Å². The lowest BCUT2D eigenvalue weighted by molar-refractivity contribution is -0.119. The van der Waals surface area contributed by atoms with Crippen molar-refractivity contribution in [2.45, 2.75) is 45.1 Å².